The fraction of sp³-hybridized carbons (Fsp3) is 1.00. The van der Waals surface area contributed by atoms with Crippen LogP contribution in [0.1, 0.15) is 26.7 Å². The van der Waals surface area contributed by atoms with Crippen LogP contribution in [-0.2, 0) is 18.9 Å². The highest BCUT2D eigenvalue weighted by molar-refractivity contribution is 4.83. The van der Waals surface area contributed by atoms with Crippen molar-refractivity contribution < 1.29 is 36.5 Å². The van der Waals surface area contributed by atoms with Crippen LogP contribution in [0.2, 0.25) is 0 Å². The molecule has 2 heterocycles. The molecule has 0 saturated carbocycles. The van der Waals surface area contributed by atoms with Gasteiger partial charge in [-0.25, -0.2) is 17.6 Å². The van der Waals surface area contributed by atoms with Crippen molar-refractivity contribution in [3.63, 3.8) is 0 Å². The molecule has 2 aliphatic rings. The summed E-state index contributed by atoms with van der Waals surface area (Å²) in [7, 11) is 0. The number of rotatable bonds is 4. The summed E-state index contributed by atoms with van der Waals surface area (Å²) in [5.74, 6) is -6.40. The van der Waals surface area contributed by atoms with Gasteiger partial charge in [0.15, 0.2) is 0 Å². The molecule has 0 N–H and O–H groups in total. The van der Waals surface area contributed by atoms with E-state index in [1.807, 2.05) is 0 Å². The van der Waals surface area contributed by atoms with Crippen LogP contribution in [0.5, 0.6) is 0 Å². The Morgan fingerprint density at radius 3 is 1.35 bits per heavy atom. The van der Waals surface area contributed by atoms with Gasteiger partial charge in [0.1, 0.15) is 0 Å². The summed E-state index contributed by atoms with van der Waals surface area (Å²) < 4.78 is 70.1. The maximum atomic E-state index is 13.0. The van der Waals surface area contributed by atoms with Gasteiger partial charge in [-0.2, -0.15) is 0 Å². The van der Waals surface area contributed by atoms with Crippen LogP contribution < -0.4 is 0 Å². The molecule has 17 heavy (non-hydrogen) atoms. The smallest absolute Gasteiger partial charge is 0.266 e. The Morgan fingerprint density at radius 1 is 0.824 bits per heavy atom. The molecule has 0 aromatic heterocycles. The van der Waals surface area contributed by atoms with Gasteiger partial charge in [0, 0.05) is 12.8 Å². The van der Waals surface area contributed by atoms with Crippen molar-refractivity contribution in [1.82, 2.24) is 0 Å². The van der Waals surface area contributed by atoms with Crippen molar-refractivity contribution in [3.8, 4) is 0 Å². The molecule has 0 aliphatic carbocycles. The second kappa shape index (κ2) is 3.78. The molecule has 0 radical (unpaired) electrons. The van der Waals surface area contributed by atoms with Crippen molar-refractivity contribution >= 4 is 0 Å². The Balaban J connectivity index is 1.83. The number of hydrogen-bond donors (Lipinski definition) is 0. The molecule has 2 aliphatic heterocycles. The topological polar surface area (TPSA) is 36.9 Å². The maximum absolute atomic E-state index is 13.0. The first kappa shape index (κ1) is 13.0. The molecular weight excluding hydrogens is 248 g/mol. The summed E-state index contributed by atoms with van der Waals surface area (Å²) >= 11 is 0. The third kappa shape index (κ3) is 2.03. The molecule has 0 aromatic rings. The Kier molecular flexibility index (Phi) is 2.89. The first-order valence-electron chi connectivity index (χ1n) is 5.21. The van der Waals surface area contributed by atoms with Crippen LogP contribution in [0.25, 0.3) is 0 Å². The zero-order valence-corrected chi connectivity index (χ0v) is 9.21. The monoisotopic (exact) mass is 260 g/mol. The number of halogens is 4. The first-order valence-corrected chi connectivity index (χ1v) is 5.21. The average molecular weight is 260 g/mol. The summed E-state index contributed by atoms with van der Waals surface area (Å²) in [5, 5.41) is 0. The Morgan fingerprint density at radius 2 is 1.12 bits per heavy atom. The molecular formula is C9H12F4O4. The third-order valence-electron chi connectivity index (χ3n) is 2.64. The van der Waals surface area contributed by atoms with Crippen molar-refractivity contribution in [2.24, 2.45) is 0 Å². The van der Waals surface area contributed by atoms with Gasteiger partial charge in [0.05, 0.1) is 0 Å². The van der Waals surface area contributed by atoms with Gasteiger partial charge >= 0.3 is 6.16 Å². The fourth-order valence-electron chi connectivity index (χ4n) is 1.33. The van der Waals surface area contributed by atoms with E-state index in [1.165, 1.54) is 13.8 Å². The lowest BCUT2D eigenvalue weighted by Crippen LogP contribution is -2.73. The van der Waals surface area contributed by atoms with Gasteiger partial charge < -0.3 is 0 Å². The molecule has 2 saturated heterocycles. The fourth-order valence-corrected chi connectivity index (χ4v) is 1.33. The lowest BCUT2D eigenvalue weighted by Gasteiger charge is -2.55. The third-order valence-corrected chi connectivity index (χ3v) is 2.64. The zero-order chi connectivity index (χ0) is 12.9. The van der Waals surface area contributed by atoms with Crippen LogP contribution in [0, 0.1) is 0 Å². The molecule has 0 unspecified atom stereocenters. The minimum atomic E-state index is -3.20. The quantitative estimate of drug-likeness (QED) is 0.727. The minimum Gasteiger partial charge on any atom is -0.266 e. The Bertz CT molecular complexity index is 264. The van der Waals surface area contributed by atoms with E-state index in [9.17, 15) is 17.6 Å². The van der Waals surface area contributed by atoms with Gasteiger partial charge in [0.25, 0.3) is 11.8 Å². The van der Waals surface area contributed by atoms with Gasteiger partial charge in [-0.1, -0.05) is 13.8 Å². The van der Waals surface area contributed by atoms with E-state index < -0.39 is 43.4 Å². The van der Waals surface area contributed by atoms with Crippen LogP contribution >= 0.6 is 0 Å². The van der Waals surface area contributed by atoms with Crippen LogP contribution in [0.15, 0.2) is 0 Å². The molecule has 0 amide bonds. The summed E-state index contributed by atoms with van der Waals surface area (Å²) in [6.07, 6.45) is -6.79. The summed E-state index contributed by atoms with van der Waals surface area (Å²) in [4.78, 5) is 0. The molecule has 2 fully saturated rings. The van der Waals surface area contributed by atoms with Gasteiger partial charge in [-0.05, 0) is 0 Å². The van der Waals surface area contributed by atoms with Crippen LogP contribution in [0.3, 0.4) is 0 Å². The molecule has 0 aromatic carbocycles. The number of hydrogen-bond acceptors (Lipinski definition) is 4. The van der Waals surface area contributed by atoms with Crippen molar-refractivity contribution in [1.29, 1.82) is 0 Å². The largest absolute Gasteiger partial charge is 0.422 e. The molecule has 0 atom stereocenters. The predicted octanol–water partition coefficient (Wildman–Crippen LogP) is 2.43. The van der Waals surface area contributed by atoms with E-state index in [0.717, 1.165) is 0 Å². The van der Waals surface area contributed by atoms with Gasteiger partial charge in [0.2, 0.25) is 12.6 Å². The average Bonchev–Trinajstić information content (AvgIpc) is 2.13. The van der Waals surface area contributed by atoms with E-state index >= 15 is 0 Å². The zero-order valence-electron chi connectivity index (χ0n) is 9.21. The highest BCUT2D eigenvalue weighted by Gasteiger charge is 2.70. The minimum absolute atomic E-state index is 0.498. The van der Waals surface area contributed by atoms with E-state index in [2.05, 4.69) is 18.9 Å². The molecule has 0 bridgehead atoms. The lowest BCUT2D eigenvalue weighted by molar-refractivity contribution is -0.737. The molecule has 8 heteroatoms. The van der Waals surface area contributed by atoms with Crippen LogP contribution in [-0.4, -0.2) is 30.6 Å². The summed E-state index contributed by atoms with van der Waals surface area (Å²) in [5.41, 5.74) is 0. The van der Waals surface area contributed by atoms with Gasteiger partial charge in [-0.3, -0.25) is 18.9 Å². The Hall–Kier alpha value is -0.440. The van der Waals surface area contributed by atoms with E-state index in [4.69, 9.17) is 0 Å². The molecule has 2 rings (SSSR count). The normalized spacial score (nSPS) is 37.8. The second-order valence-corrected chi connectivity index (χ2v) is 3.86. The SMILES string of the molecule is CCC(F)(F)C1OC2(O1)OC(C(F)(F)CC)O2. The number of alkyl halides is 4. The lowest BCUT2D eigenvalue weighted by atomic mass is 10.2. The van der Waals surface area contributed by atoms with Gasteiger partial charge in [-0.15, -0.1) is 0 Å². The van der Waals surface area contributed by atoms with Crippen molar-refractivity contribution in [3.05, 3.63) is 0 Å². The standard InChI is InChI=1S/C9H12F4O4/c1-3-7(10,11)5-14-9(15-5)16-6(17-9)8(12,13)4-2/h5-6H,3-4H2,1-2H3. The molecule has 4 nitrogen and oxygen atoms in total. The highest BCUT2D eigenvalue weighted by Crippen LogP contribution is 2.50. The maximum Gasteiger partial charge on any atom is 0.422 e. The summed E-state index contributed by atoms with van der Waals surface area (Å²) in [6, 6.07) is 0. The molecule has 1 spiro atoms. The van der Waals surface area contributed by atoms with E-state index in [0.29, 0.717) is 0 Å². The first-order chi connectivity index (χ1) is 7.75. The molecule has 100 valence electrons. The second-order valence-electron chi connectivity index (χ2n) is 3.86. The Labute approximate surface area is 94.8 Å². The van der Waals surface area contributed by atoms with Crippen molar-refractivity contribution in [2.45, 2.75) is 57.3 Å². The summed E-state index contributed by atoms with van der Waals surface area (Å²) in [6.45, 7) is 2.49. The van der Waals surface area contributed by atoms with Crippen LogP contribution in [0.4, 0.5) is 17.6 Å². The number of ether oxygens (including phenoxy) is 4. The predicted molar refractivity (Wildman–Crippen MR) is 45.1 cm³/mol. The highest BCUT2D eigenvalue weighted by atomic mass is 19.3. The van der Waals surface area contributed by atoms with E-state index in [-0.39, 0.29) is 0 Å². The van der Waals surface area contributed by atoms with E-state index in [1.54, 1.807) is 0 Å². The van der Waals surface area contributed by atoms with Crippen molar-refractivity contribution in [2.75, 3.05) is 0 Å².